The Hall–Kier alpha value is -3.86. The third kappa shape index (κ3) is 5.51. The number of nitrogens with zero attached hydrogens (tertiary/aromatic N) is 2. The summed E-state index contributed by atoms with van der Waals surface area (Å²) < 4.78 is 12.6. The van der Waals surface area contributed by atoms with Gasteiger partial charge in [0.2, 0.25) is 0 Å². The van der Waals surface area contributed by atoms with Crippen LogP contribution in [0.15, 0.2) is 84.3 Å². The maximum absolute atomic E-state index is 13.2. The van der Waals surface area contributed by atoms with Gasteiger partial charge in [0.15, 0.2) is 15.8 Å². The van der Waals surface area contributed by atoms with Crippen LogP contribution in [0.5, 0.6) is 11.5 Å². The predicted molar refractivity (Wildman–Crippen MR) is 149 cm³/mol. The average Bonchev–Trinajstić information content (AvgIpc) is 3.16. The highest BCUT2D eigenvalue weighted by atomic mass is 32.2. The van der Waals surface area contributed by atoms with Gasteiger partial charge in [-0.2, -0.15) is 5.26 Å². The number of thioether (sulfide) groups is 1. The van der Waals surface area contributed by atoms with E-state index in [1.54, 1.807) is 17.0 Å². The van der Waals surface area contributed by atoms with Gasteiger partial charge in [0.25, 0.3) is 5.91 Å². The highest BCUT2D eigenvalue weighted by Gasteiger charge is 2.33. The quantitative estimate of drug-likeness (QED) is 0.181. The molecule has 180 valence electrons. The van der Waals surface area contributed by atoms with Gasteiger partial charge in [-0.1, -0.05) is 66.5 Å². The number of hydrogen-bond acceptors (Lipinski definition) is 6. The van der Waals surface area contributed by atoms with Crippen molar-refractivity contribution in [2.24, 2.45) is 0 Å². The molecule has 36 heavy (non-hydrogen) atoms. The maximum atomic E-state index is 13.2. The molecule has 1 amide bonds. The number of benzene rings is 3. The molecule has 1 aliphatic heterocycles. The number of thiocarbonyl (C=S) groups is 1. The summed E-state index contributed by atoms with van der Waals surface area (Å²) in [5.41, 5.74) is 3.77. The second-order valence-electron chi connectivity index (χ2n) is 7.84. The lowest BCUT2D eigenvalue weighted by atomic mass is 10.0. The molecular weight excluding hydrogens is 488 g/mol. The number of ether oxygens (including phenoxy) is 2. The molecule has 0 spiro atoms. The highest BCUT2D eigenvalue weighted by molar-refractivity contribution is 8.27. The van der Waals surface area contributed by atoms with Crippen LogP contribution in [0.3, 0.4) is 0 Å². The molecule has 0 aliphatic carbocycles. The smallest absolute Gasteiger partial charge is 0.270 e. The average molecular weight is 513 g/mol. The second kappa shape index (κ2) is 11.7. The van der Waals surface area contributed by atoms with Crippen molar-refractivity contribution in [3.05, 3.63) is 107 Å². The summed E-state index contributed by atoms with van der Waals surface area (Å²) in [5.74, 6) is 1.00. The molecule has 0 aromatic heterocycles. The van der Waals surface area contributed by atoms with Crippen LogP contribution in [0, 0.1) is 11.3 Å². The molecule has 5 nitrogen and oxygen atoms in total. The molecule has 0 radical (unpaired) electrons. The Balaban J connectivity index is 1.68. The number of hydrogen-bond donors (Lipinski definition) is 0. The third-order valence-corrected chi connectivity index (χ3v) is 6.74. The Morgan fingerprint density at radius 3 is 2.56 bits per heavy atom. The van der Waals surface area contributed by atoms with Crippen LogP contribution >= 0.6 is 24.0 Å². The first-order valence-electron chi connectivity index (χ1n) is 11.4. The van der Waals surface area contributed by atoms with Crippen LogP contribution in [0.4, 0.5) is 5.69 Å². The molecule has 7 heteroatoms. The number of carbonyl (C=O) groups excluding carboxylic acids is 1. The minimum atomic E-state index is -0.159. The largest absolute Gasteiger partial charge is 0.490 e. The monoisotopic (exact) mass is 512 g/mol. The van der Waals surface area contributed by atoms with Crippen LogP contribution in [0.1, 0.15) is 29.2 Å². The fraction of sp³-hybridized carbons (Fsp3) is 0.138. The molecule has 1 heterocycles. The van der Waals surface area contributed by atoms with E-state index in [0.717, 1.165) is 22.4 Å². The van der Waals surface area contributed by atoms with Gasteiger partial charge in [0.05, 0.1) is 28.8 Å². The van der Waals surface area contributed by atoms with E-state index in [0.29, 0.717) is 39.3 Å². The number of rotatable bonds is 9. The van der Waals surface area contributed by atoms with Crippen LogP contribution in [-0.2, 0) is 17.8 Å². The number of amides is 1. The van der Waals surface area contributed by atoms with Gasteiger partial charge < -0.3 is 9.47 Å². The van der Waals surface area contributed by atoms with E-state index in [1.165, 1.54) is 11.8 Å². The standard InChI is InChI=1S/C29H24N2O3S2/c1-3-10-21-15-20(17-26-28(32)31(29(35)36-26)24-13-6-5-7-14-24)16-25(33-4-2)27(21)34-19-23-12-9-8-11-22(23)18-30/h3,5-9,11-17H,1,4,10,19H2,2H3/b26-17+. The predicted octanol–water partition coefficient (Wildman–Crippen LogP) is 6.67. The van der Waals surface area contributed by atoms with E-state index in [9.17, 15) is 10.1 Å². The lowest BCUT2D eigenvalue weighted by Crippen LogP contribution is -2.27. The van der Waals surface area contributed by atoms with E-state index in [4.69, 9.17) is 21.7 Å². The Morgan fingerprint density at radius 1 is 1.08 bits per heavy atom. The zero-order chi connectivity index (χ0) is 25.5. The zero-order valence-corrected chi connectivity index (χ0v) is 21.4. The summed E-state index contributed by atoms with van der Waals surface area (Å²) in [6.07, 6.45) is 4.16. The fourth-order valence-electron chi connectivity index (χ4n) is 3.82. The number of anilines is 1. The molecule has 0 bridgehead atoms. The first-order chi connectivity index (χ1) is 17.5. The Kier molecular flexibility index (Phi) is 8.21. The van der Waals surface area contributed by atoms with Gasteiger partial charge >= 0.3 is 0 Å². The minimum absolute atomic E-state index is 0.159. The summed E-state index contributed by atoms with van der Waals surface area (Å²) in [7, 11) is 0. The van der Waals surface area contributed by atoms with Crippen molar-refractivity contribution in [1.29, 1.82) is 5.26 Å². The van der Waals surface area contributed by atoms with Gasteiger partial charge in [-0.05, 0) is 55.3 Å². The van der Waals surface area contributed by atoms with Crippen LogP contribution < -0.4 is 14.4 Å². The van der Waals surface area contributed by atoms with E-state index in [-0.39, 0.29) is 12.5 Å². The van der Waals surface area contributed by atoms with Crippen molar-refractivity contribution < 1.29 is 14.3 Å². The molecule has 1 fully saturated rings. The minimum Gasteiger partial charge on any atom is -0.490 e. The Labute approximate surface area is 220 Å². The van der Waals surface area contributed by atoms with E-state index >= 15 is 0 Å². The summed E-state index contributed by atoms with van der Waals surface area (Å²) in [6, 6.07) is 22.7. The number of para-hydroxylation sites is 1. The first kappa shape index (κ1) is 25.2. The lowest BCUT2D eigenvalue weighted by molar-refractivity contribution is -0.113. The van der Waals surface area contributed by atoms with Crippen molar-refractivity contribution in [1.82, 2.24) is 0 Å². The molecule has 0 N–H and O–H groups in total. The molecule has 0 unspecified atom stereocenters. The second-order valence-corrected chi connectivity index (χ2v) is 9.52. The third-order valence-electron chi connectivity index (χ3n) is 5.43. The van der Waals surface area contributed by atoms with E-state index < -0.39 is 0 Å². The van der Waals surface area contributed by atoms with Crippen LogP contribution in [0.25, 0.3) is 6.08 Å². The molecule has 0 saturated carbocycles. The Morgan fingerprint density at radius 2 is 1.83 bits per heavy atom. The van der Waals surface area contributed by atoms with Crippen molar-refractivity contribution in [3.63, 3.8) is 0 Å². The van der Waals surface area contributed by atoms with Gasteiger partial charge in [-0.15, -0.1) is 6.58 Å². The number of allylic oxidation sites excluding steroid dienone is 1. The summed E-state index contributed by atoms with van der Waals surface area (Å²) in [6.45, 7) is 6.45. The molecule has 3 aromatic carbocycles. The van der Waals surface area contributed by atoms with Gasteiger partial charge in [0, 0.05) is 11.1 Å². The molecular formula is C29H24N2O3S2. The molecule has 4 rings (SSSR count). The lowest BCUT2D eigenvalue weighted by Gasteiger charge is -2.17. The Bertz CT molecular complexity index is 1380. The maximum Gasteiger partial charge on any atom is 0.270 e. The van der Waals surface area contributed by atoms with Crippen molar-refractivity contribution in [2.75, 3.05) is 11.5 Å². The summed E-state index contributed by atoms with van der Waals surface area (Å²) in [4.78, 5) is 15.3. The van der Waals surface area contributed by atoms with E-state index in [2.05, 4.69) is 12.6 Å². The number of carbonyl (C=O) groups is 1. The van der Waals surface area contributed by atoms with Gasteiger partial charge in [-0.25, -0.2) is 0 Å². The van der Waals surface area contributed by atoms with Crippen LogP contribution in [-0.4, -0.2) is 16.8 Å². The zero-order valence-electron chi connectivity index (χ0n) is 19.8. The van der Waals surface area contributed by atoms with Crippen molar-refractivity contribution in [3.8, 4) is 17.6 Å². The van der Waals surface area contributed by atoms with Gasteiger partial charge in [-0.3, -0.25) is 9.69 Å². The van der Waals surface area contributed by atoms with Crippen LogP contribution in [0.2, 0.25) is 0 Å². The summed E-state index contributed by atoms with van der Waals surface area (Å²) in [5, 5.41) is 9.40. The van der Waals surface area contributed by atoms with E-state index in [1.807, 2.05) is 73.7 Å². The number of nitriles is 1. The summed E-state index contributed by atoms with van der Waals surface area (Å²) >= 11 is 6.77. The topological polar surface area (TPSA) is 62.6 Å². The first-order valence-corrected chi connectivity index (χ1v) is 12.6. The normalized spacial score (nSPS) is 14.1. The molecule has 0 atom stereocenters. The highest BCUT2D eigenvalue weighted by Crippen LogP contribution is 2.39. The molecule has 3 aromatic rings. The molecule has 1 saturated heterocycles. The fourth-order valence-corrected chi connectivity index (χ4v) is 5.12. The van der Waals surface area contributed by atoms with Gasteiger partial charge in [0.1, 0.15) is 6.61 Å². The van der Waals surface area contributed by atoms with Crippen molar-refractivity contribution in [2.45, 2.75) is 20.0 Å². The van der Waals surface area contributed by atoms with Crippen molar-refractivity contribution >= 4 is 46.0 Å². The SMILES string of the molecule is C=CCc1cc(/C=C2/SC(=S)N(c3ccccc3)C2=O)cc(OCC)c1OCc1ccccc1C#N. The molecule has 1 aliphatic rings.